The highest BCUT2D eigenvalue weighted by Crippen LogP contribution is 2.22. The maximum atomic E-state index is 4.36. The maximum Gasteiger partial charge on any atom is 0.150 e. The lowest BCUT2D eigenvalue weighted by atomic mass is 10.4. The van der Waals surface area contributed by atoms with E-state index < -0.39 is 0 Å². The summed E-state index contributed by atoms with van der Waals surface area (Å²) in [5.74, 6) is 1.21. The molecule has 0 radical (unpaired) electrons. The lowest BCUT2D eigenvalue weighted by Crippen LogP contribution is -1.77. The summed E-state index contributed by atoms with van der Waals surface area (Å²) in [7, 11) is 0. The standard InChI is InChI=1S/C8H13NS2/c1-3-4-5-10-8-9-7(2)6-11-8/h6H,3-5H2,1-2H3. The van der Waals surface area contributed by atoms with E-state index in [0.29, 0.717) is 0 Å². The van der Waals surface area contributed by atoms with E-state index in [0.717, 1.165) is 5.69 Å². The molecule has 0 bridgehead atoms. The topological polar surface area (TPSA) is 12.9 Å². The maximum absolute atomic E-state index is 4.36. The van der Waals surface area contributed by atoms with Crippen molar-refractivity contribution in [3.63, 3.8) is 0 Å². The van der Waals surface area contributed by atoms with E-state index in [-0.39, 0.29) is 0 Å². The predicted octanol–water partition coefficient (Wildman–Crippen LogP) is 3.34. The molecule has 1 aromatic rings. The zero-order chi connectivity index (χ0) is 8.10. The van der Waals surface area contributed by atoms with Crippen LogP contribution in [0.15, 0.2) is 9.72 Å². The fourth-order valence-corrected chi connectivity index (χ4v) is 2.71. The molecule has 0 saturated heterocycles. The summed E-state index contributed by atoms with van der Waals surface area (Å²) in [5.41, 5.74) is 1.15. The quantitative estimate of drug-likeness (QED) is 0.529. The Balaban J connectivity index is 2.27. The highest BCUT2D eigenvalue weighted by Gasteiger charge is 1.97. The minimum absolute atomic E-state index is 1.15. The molecule has 3 heteroatoms. The number of aryl methyl sites for hydroxylation is 1. The predicted molar refractivity (Wildman–Crippen MR) is 52.5 cm³/mol. The monoisotopic (exact) mass is 187 g/mol. The Labute approximate surface area is 76.2 Å². The molecule has 0 N–H and O–H groups in total. The summed E-state index contributed by atoms with van der Waals surface area (Å²) in [6, 6.07) is 0. The van der Waals surface area contributed by atoms with E-state index in [1.165, 1.54) is 22.9 Å². The van der Waals surface area contributed by atoms with Gasteiger partial charge in [0, 0.05) is 16.8 Å². The molecule has 0 aliphatic rings. The van der Waals surface area contributed by atoms with Crippen LogP contribution in [-0.2, 0) is 0 Å². The average Bonchev–Trinajstić information content (AvgIpc) is 2.37. The van der Waals surface area contributed by atoms with Gasteiger partial charge in [0.15, 0.2) is 0 Å². The van der Waals surface area contributed by atoms with Crippen molar-refractivity contribution in [3.05, 3.63) is 11.1 Å². The van der Waals surface area contributed by atoms with Crippen LogP contribution < -0.4 is 0 Å². The van der Waals surface area contributed by atoms with Gasteiger partial charge in [0.25, 0.3) is 0 Å². The number of unbranched alkanes of at least 4 members (excludes halogenated alkanes) is 1. The van der Waals surface area contributed by atoms with Gasteiger partial charge in [-0.05, 0) is 13.3 Å². The number of aromatic nitrogens is 1. The first-order valence-corrected chi connectivity index (χ1v) is 5.74. The molecule has 0 atom stereocenters. The molecule has 62 valence electrons. The van der Waals surface area contributed by atoms with E-state index in [9.17, 15) is 0 Å². The third-order valence-electron chi connectivity index (χ3n) is 1.32. The lowest BCUT2D eigenvalue weighted by molar-refractivity contribution is 0.895. The number of rotatable bonds is 4. The van der Waals surface area contributed by atoms with E-state index >= 15 is 0 Å². The molecule has 0 fully saturated rings. The molecule has 1 nitrogen and oxygen atoms in total. The van der Waals surface area contributed by atoms with Gasteiger partial charge in [-0.2, -0.15) is 0 Å². The van der Waals surface area contributed by atoms with Gasteiger partial charge in [0.1, 0.15) is 4.34 Å². The van der Waals surface area contributed by atoms with Gasteiger partial charge in [0.2, 0.25) is 0 Å². The van der Waals surface area contributed by atoms with Crippen LogP contribution in [0.2, 0.25) is 0 Å². The molecule has 0 unspecified atom stereocenters. The highest BCUT2D eigenvalue weighted by molar-refractivity contribution is 8.00. The Bertz CT molecular complexity index is 208. The van der Waals surface area contributed by atoms with Crippen LogP contribution in [0.4, 0.5) is 0 Å². The van der Waals surface area contributed by atoms with Crippen molar-refractivity contribution in [2.75, 3.05) is 5.75 Å². The van der Waals surface area contributed by atoms with Crippen molar-refractivity contribution in [2.45, 2.75) is 31.0 Å². The summed E-state index contributed by atoms with van der Waals surface area (Å²) < 4.78 is 1.22. The van der Waals surface area contributed by atoms with Crippen LogP contribution in [0.25, 0.3) is 0 Å². The van der Waals surface area contributed by atoms with Crippen LogP contribution >= 0.6 is 23.1 Å². The Morgan fingerprint density at radius 1 is 1.64 bits per heavy atom. The van der Waals surface area contributed by atoms with Crippen LogP contribution in [0.3, 0.4) is 0 Å². The molecular formula is C8H13NS2. The average molecular weight is 187 g/mol. The van der Waals surface area contributed by atoms with Gasteiger partial charge in [-0.1, -0.05) is 25.1 Å². The molecule has 0 aliphatic heterocycles. The van der Waals surface area contributed by atoms with Crippen molar-refractivity contribution in [3.8, 4) is 0 Å². The molecule has 1 rings (SSSR count). The fraction of sp³-hybridized carbons (Fsp3) is 0.625. The third kappa shape index (κ3) is 3.25. The SMILES string of the molecule is CCCCSc1nc(C)cs1. The van der Waals surface area contributed by atoms with E-state index in [2.05, 4.69) is 17.3 Å². The van der Waals surface area contributed by atoms with Gasteiger partial charge in [0.05, 0.1) is 0 Å². The van der Waals surface area contributed by atoms with Gasteiger partial charge in [-0.3, -0.25) is 0 Å². The first-order chi connectivity index (χ1) is 5.33. The van der Waals surface area contributed by atoms with Crippen LogP contribution in [0, 0.1) is 6.92 Å². The molecule has 0 saturated carbocycles. The molecule has 0 aliphatic carbocycles. The van der Waals surface area contributed by atoms with Crippen LogP contribution in [0.1, 0.15) is 25.5 Å². The molecule has 0 amide bonds. The van der Waals surface area contributed by atoms with Crippen molar-refractivity contribution >= 4 is 23.1 Å². The zero-order valence-corrected chi connectivity index (χ0v) is 8.60. The minimum atomic E-state index is 1.15. The Kier molecular flexibility index (Phi) is 3.94. The smallest absolute Gasteiger partial charge is 0.150 e. The first kappa shape index (κ1) is 9.07. The van der Waals surface area contributed by atoms with Crippen molar-refractivity contribution in [1.29, 1.82) is 0 Å². The van der Waals surface area contributed by atoms with Crippen LogP contribution in [-0.4, -0.2) is 10.7 Å². The third-order valence-corrected chi connectivity index (χ3v) is 3.55. The molecule has 0 aromatic carbocycles. The summed E-state index contributed by atoms with van der Waals surface area (Å²) >= 11 is 3.63. The molecule has 11 heavy (non-hydrogen) atoms. The zero-order valence-electron chi connectivity index (χ0n) is 6.96. The second-order valence-corrected chi connectivity index (χ2v) is 4.66. The van der Waals surface area contributed by atoms with Gasteiger partial charge >= 0.3 is 0 Å². The second-order valence-electron chi connectivity index (χ2n) is 2.46. The molecule has 1 heterocycles. The molecular weight excluding hydrogens is 174 g/mol. The van der Waals surface area contributed by atoms with Crippen LogP contribution in [0.5, 0.6) is 0 Å². The van der Waals surface area contributed by atoms with Crippen molar-refractivity contribution in [1.82, 2.24) is 4.98 Å². The molecule has 0 spiro atoms. The minimum Gasteiger partial charge on any atom is -0.235 e. The number of thiazole rings is 1. The summed E-state index contributed by atoms with van der Waals surface area (Å²) in [6.07, 6.45) is 2.57. The van der Waals surface area contributed by atoms with E-state index in [1.807, 2.05) is 18.7 Å². The number of hydrogen-bond acceptors (Lipinski definition) is 3. The highest BCUT2D eigenvalue weighted by atomic mass is 32.2. The normalized spacial score (nSPS) is 10.4. The second kappa shape index (κ2) is 4.78. The summed E-state index contributed by atoms with van der Waals surface area (Å²) in [5, 5.41) is 2.11. The number of thioether (sulfide) groups is 1. The first-order valence-electron chi connectivity index (χ1n) is 3.88. The van der Waals surface area contributed by atoms with Crippen molar-refractivity contribution < 1.29 is 0 Å². The Morgan fingerprint density at radius 3 is 3.00 bits per heavy atom. The largest absolute Gasteiger partial charge is 0.235 e. The van der Waals surface area contributed by atoms with Gasteiger partial charge < -0.3 is 0 Å². The summed E-state index contributed by atoms with van der Waals surface area (Å²) in [4.78, 5) is 4.36. The summed E-state index contributed by atoms with van der Waals surface area (Å²) in [6.45, 7) is 4.26. The fourth-order valence-electron chi connectivity index (χ4n) is 0.702. The van der Waals surface area contributed by atoms with E-state index in [4.69, 9.17) is 0 Å². The lowest BCUT2D eigenvalue weighted by Gasteiger charge is -1.92. The van der Waals surface area contributed by atoms with Gasteiger partial charge in [-0.15, -0.1) is 11.3 Å². The van der Waals surface area contributed by atoms with Gasteiger partial charge in [-0.25, -0.2) is 4.98 Å². The Morgan fingerprint density at radius 2 is 2.45 bits per heavy atom. The van der Waals surface area contributed by atoms with E-state index in [1.54, 1.807) is 11.3 Å². The number of nitrogens with zero attached hydrogens (tertiary/aromatic N) is 1. The van der Waals surface area contributed by atoms with Crippen molar-refractivity contribution in [2.24, 2.45) is 0 Å². The number of hydrogen-bond donors (Lipinski definition) is 0. The molecule has 1 aromatic heterocycles. The Hall–Kier alpha value is -0.0200.